The second kappa shape index (κ2) is 4.93. The molecule has 96 valence electrons. The second-order valence-corrected chi connectivity index (χ2v) is 7.94. The van der Waals surface area contributed by atoms with Gasteiger partial charge in [0.1, 0.15) is 0 Å². The highest BCUT2D eigenvalue weighted by Gasteiger charge is 2.20. The first-order chi connectivity index (χ1) is 7.69. The Bertz CT molecular complexity index is 592. The minimum Gasteiger partial charge on any atom is -0.207 e. The van der Waals surface area contributed by atoms with Crippen molar-refractivity contribution in [2.45, 2.75) is 16.7 Å². The number of nitrogens with zero attached hydrogens (tertiary/aromatic N) is 1. The van der Waals surface area contributed by atoms with Crippen molar-refractivity contribution in [1.29, 1.82) is 0 Å². The molecule has 0 bridgehead atoms. The Hall–Kier alpha value is -0.630. The van der Waals surface area contributed by atoms with Gasteiger partial charge < -0.3 is 0 Å². The Labute approximate surface area is 105 Å². The third kappa shape index (κ3) is 3.19. The molecule has 0 aliphatic heterocycles. The molecule has 1 aromatic carbocycles. The first-order valence-corrected chi connectivity index (χ1v) is 8.45. The molecule has 0 amide bonds. The standard InChI is InChI=1S/C9H12ClNO4S2/c1-3-11(2)17(14,15)9-6-4-8(5-7-9)16(10,12)13/h4-7H,3H2,1-2H3. The Morgan fingerprint density at radius 1 is 1.06 bits per heavy atom. The van der Waals surface area contributed by atoms with Crippen molar-refractivity contribution < 1.29 is 16.8 Å². The largest absolute Gasteiger partial charge is 0.261 e. The highest BCUT2D eigenvalue weighted by atomic mass is 35.7. The summed E-state index contributed by atoms with van der Waals surface area (Å²) in [6, 6.07) is 4.77. The van der Waals surface area contributed by atoms with Crippen LogP contribution in [0.4, 0.5) is 0 Å². The van der Waals surface area contributed by atoms with Gasteiger partial charge in [-0.25, -0.2) is 21.1 Å². The first-order valence-electron chi connectivity index (χ1n) is 4.70. The van der Waals surface area contributed by atoms with E-state index in [-0.39, 0.29) is 9.79 Å². The minimum absolute atomic E-state index is 0.0333. The topological polar surface area (TPSA) is 71.5 Å². The van der Waals surface area contributed by atoms with Crippen LogP contribution in [-0.4, -0.2) is 34.7 Å². The van der Waals surface area contributed by atoms with Gasteiger partial charge in [-0.05, 0) is 24.3 Å². The van der Waals surface area contributed by atoms with Gasteiger partial charge in [0.2, 0.25) is 10.0 Å². The van der Waals surface area contributed by atoms with Crippen molar-refractivity contribution in [1.82, 2.24) is 4.31 Å². The number of sulfonamides is 1. The molecule has 5 nitrogen and oxygen atoms in total. The van der Waals surface area contributed by atoms with E-state index in [2.05, 4.69) is 0 Å². The van der Waals surface area contributed by atoms with E-state index in [9.17, 15) is 16.8 Å². The van der Waals surface area contributed by atoms with E-state index >= 15 is 0 Å². The summed E-state index contributed by atoms with van der Waals surface area (Å²) in [7, 11) is -0.810. The first kappa shape index (κ1) is 14.4. The zero-order chi connectivity index (χ0) is 13.3. The van der Waals surface area contributed by atoms with Gasteiger partial charge >= 0.3 is 0 Å². The van der Waals surface area contributed by atoms with E-state index < -0.39 is 19.1 Å². The predicted octanol–water partition coefficient (Wildman–Crippen LogP) is 1.25. The van der Waals surface area contributed by atoms with Crippen molar-refractivity contribution in [3.8, 4) is 0 Å². The summed E-state index contributed by atoms with van der Waals surface area (Å²) in [5, 5.41) is 0. The van der Waals surface area contributed by atoms with Crippen LogP contribution in [-0.2, 0) is 19.1 Å². The van der Waals surface area contributed by atoms with Crippen LogP contribution in [0.25, 0.3) is 0 Å². The zero-order valence-corrected chi connectivity index (χ0v) is 11.7. The molecule has 0 fully saturated rings. The maximum absolute atomic E-state index is 11.9. The van der Waals surface area contributed by atoms with Crippen molar-refractivity contribution in [3.05, 3.63) is 24.3 Å². The lowest BCUT2D eigenvalue weighted by Gasteiger charge is -2.14. The summed E-state index contributed by atoms with van der Waals surface area (Å²) in [4.78, 5) is -0.0943. The molecule has 17 heavy (non-hydrogen) atoms. The molecule has 0 spiro atoms. The van der Waals surface area contributed by atoms with Gasteiger partial charge in [-0.2, -0.15) is 0 Å². The molecule has 0 heterocycles. The van der Waals surface area contributed by atoms with E-state index in [0.29, 0.717) is 6.54 Å². The maximum atomic E-state index is 11.9. The van der Waals surface area contributed by atoms with Gasteiger partial charge in [0, 0.05) is 24.3 Å². The molecule has 0 radical (unpaired) electrons. The summed E-state index contributed by atoms with van der Waals surface area (Å²) < 4.78 is 46.9. The van der Waals surface area contributed by atoms with Crippen LogP contribution >= 0.6 is 10.7 Å². The quantitative estimate of drug-likeness (QED) is 0.784. The Morgan fingerprint density at radius 2 is 1.47 bits per heavy atom. The summed E-state index contributed by atoms with van der Waals surface area (Å²) >= 11 is 0. The Balaban J connectivity index is 3.21. The van der Waals surface area contributed by atoms with Crippen molar-refractivity contribution in [3.63, 3.8) is 0 Å². The van der Waals surface area contributed by atoms with Gasteiger partial charge in [0.05, 0.1) is 9.79 Å². The molecule has 0 N–H and O–H groups in total. The fourth-order valence-corrected chi connectivity index (χ4v) is 3.07. The number of halogens is 1. The van der Waals surface area contributed by atoms with Crippen molar-refractivity contribution >= 4 is 29.8 Å². The van der Waals surface area contributed by atoms with Crippen LogP contribution in [0.15, 0.2) is 34.1 Å². The van der Waals surface area contributed by atoms with E-state index in [1.54, 1.807) is 6.92 Å². The normalized spacial score (nSPS) is 12.9. The zero-order valence-electron chi connectivity index (χ0n) is 9.29. The third-order valence-corrected chi connectivity index (χ3v) is 5.58. The Morgan fingerprint density at radius 3 is 1.82 bits per heavy atom. The number of hydrogen-bond acceptors (Lipinski definition) is 4. The van der Waals surface area contributed by atoms with Gasteiger partial charge in [0.25, 0.3) is 9.05 Å². The highest BCUT2D eigenvalue weighted by Crippen LogP contribution is 2.19. The molecule has 0 aliphatic rings. The van der Waals surface area contributed by atoms with Gasteiger partial charge in [0.15, 0.2) is 0 Å². The van der Waals surface area contributed by atoms with E-state index in [0.717, 1.165) is 4.31 Å². The monoisotopic (exact) mass is 297 g/mol. The lowest BCUT2D eigenvalue weighted by molar-refractivity contribution is 0.486. The highest BCUT2D eigenvalue weighted by molar-refractivity contribution is 8.13. The third-order valence-electron chi connectivity index (χ3n) is 2.26. The summed E-state index contributed by atoms with van der Waals surface area (Å²) in [5.74, 6) is 0. The number of hydrogen-bond donors (Lipinski definition) is 0. The van der Waals surface area contributed by atoms with Crippen molar-refractivity contribution in [2.75, 3.05) is 13.6 Å². The molecule has 1 rings (SSSR count). The van der Waals surface area contributed by atoms with Crippen LogP contribution in [0.1, 0.15) is 6.92 Å². The second-order valence-electron chi connectivity index (χ2n) is 3.33. The Kier molecular flexibility index (Phi) is 4.19. The van der Waals surface area contributed by atoms with Gasteiger partial charge in [-0.15, -0.1) is 0 Å². The molecule has 1 aromatic rings. The van der Waals surface area contributed by atoms with E-state index in [4.69, 9.17) is 10.7 Å². The van der Waals surface area contributed by atoms with E-state index in [1.165, 1.54) is 31.3 Å². The molecule has 0 unspecified atom stereocenters. The molecule has 0 saturated heterocycles. The molecule has 0 aliphatic carbocycles. The molecule has 0 atom stereocenters. The average Bonchev–Trinajstić information content (AvgIpc) is 2.27. The maximum Gasteiger partial charge on any atom is 0.261 e. The number of benzene rings is 1. The summed E-state index contributed by atoms with van der Waals surface area (Å²) in [5.41, 5.74) is 0. The SMILES string of the molecule is CCN(C)S(=O)(=O)c1ccc(S(=O)(=O)Cl)cc1. The van der Waals surface area contributed by atoms with Crippen LogP contribution in [0.2, 0.25) is 0 Å². The van der Waals surface area contributed by atoms with Crippen molar-refractivity contribution in [2.24, 2.45) is 0 Å². The molecular formula is C9H12ClNO4S2. The predicted molar refractivity (Wildman–Crippen MR) is 65.0 cm³/mol. The molecular weight excluding hydrogens is 286 g/mol. The fraction of sp³-hybridized carbons (Fsp3) is 0.333. The van der Waals surface area contributed by atoms with Crippen LogP contribution in [0.3, 0.4) is 0 Å². The smallest absolute Gasteiger partial charge is 0.207 e. The molecule has 0 saturated carbocycles. The minimum atomic E-state index is -3.83. The summed E-state index contributed by atoms with van der Waals surface area (Å²) in [6.07, 6.45) is 0. The lowest BCUT2D eigenvalue weighted by atomic mass is 10.4. The summed E-state index contributed by atoms with van der Waals surface area (Å²) in [6.45, 7) is 2.03. The lowest BCUT2D eigenvalue weighted by Crippen LogP contribution is -2.26. The fourth-order valence-electron chi connectivity index (χ4n) is 1.12. The molecule has 8 heteroatoms. The van der Waals surface area contributed by atoms with Gasteiger partial charge in [-0.3, -0.25) is 0 Å². The van der Waals surface area contributed by atoms with Gasteiger partial charge in [-0.1, -0.05) is 6.92 Å². The van der Waals surface area contributed by atoms with Crippen LogP contribution in [0, 0.1) is 0 Å². The number of rotatable bonds is 4. The molecule has 0 aromatic heterocycles. The average molecular weight is 298 g/mol. The van der Waals surface area contributed by atoms with Crippen LogP contribution < -0.4 is 0 Å². The van der Waals surface area contributed by atoms with E-state index in [1.807, 2.05) is 0 Å². The van der Waals surface area contributed by atoms with Crippen LogP contribution in [0.5, 0.6) is 0 Å².